The molecule has 0 spiro atoms. The highest BCUT2D eigenvalue weighted by molar-refractivity contribution is 5.82. The summed E-state index contributed by atoms with van der Waals surface area (Å²) in [4.78, 5) is 9.07. The zero-order valence-corrected chi connectivity index (χ0v) is 11.7. The predicted molar refractivity (Wildman–Crippen MR) is 80.2 cm³/mol. The largest absolute Gasteiger partial charge is 0.382 e. The Hall–Kier alpha value is -2.43. The van der Waals surface area contributed by atoms with Crippen molar-refractivity contribution in [1.82, 2.24) is 19.7 Å². The van der Waals surface area contributed by atoms with E-state index in [2.05, 4.69) is 22.0 Å². The van der Waals surface area contributed by atoms with Crippen LogP contribution in [-0.4, -0.2) is 19.7 Å². The Morgan fingerprint density at radius 2 is 1.85 bits per heavy atom. The first-order valence-electron chi connectivity index (χ1n) is 6.75. The van der Waals surface area contributed by atoms with Crippen LogP contribution in [-0.2, 0) is 6.54 Å². The molecule has 0 saturated carbocycles. The van der Waals surface area contributed by atoms with Crippen LogP contribution in [0.2, 0.25) is 0 Å². The minimum Gasteiger partial charge on any atom is -0.382 e. The molecule has 102 valence electrons. The summed E-state index contributed by atoms with van der Waals surface area (Å²) >= 11 is 0. The molecule has 0 saturated heterocycles. The molecule has 0 aliphatic heterocycles. The van der Waals surface area contributed by atoms with Crippen LogP contribution < -0.4 is 5.73 Å². The maximum absolute atomic E-state index is 6.06. The van der Waals surface area contributed by atoms with Crippen molar-refractivity contribution in [1.29, 1.82) is 0 Å². The molecule has 5 nitrogen and oxygen atoms in total. The van der Waals surface area contributed by atoms with Crippen LogP contribution >= 0.6 is 0 Å². The summed E-state index contributed by atoms with van der Waals surface area (Å²) in [7, 11) is 0. The smallest absolute Gasteiger partial charge is 0.150 e. The molecule has 2 heterocycles. The maximum atomic E-state index is 6.06. The molecule has 3 aromatic rings. The van der Waals surface area contributed by atoms with Crippen LogP contribution in [0.4, 0.5) is 5.82 Å². The standard InChI is InChI=1S/C15H17N5/c1-3-8-20-9-11(10(2)19-20)14-15(16)18-13-7-5-4-6-12(13)17-14/h4-7,9H,3,8H2,1-2H3,(H2,16,18). The van der Waals surface area contributed by atoms with Crippen molar-refractivity contribution in [2.24, 2.45) is 0 Å². The van der Waals surface area contributed by atoms with E-state index in [1.165, 1.54) is 0 Å². The van der Waals surface area contributed by atoms with Crippen molar-refractivity contribution < 1.29 is 0 Å². The van der Waals surface area contributed by atoms with Crippen LogP contribution in [0.25, 0.3) is 22.3 Å². The van der Waals surface area contributed by atoms with Crippen LogP contribution in [0.5, 0.6) is 0 Å². The van der Waals surface area contributed by atoms with E-state index in [1.54, 1.807) is 0 Å². The Labute approximate surface area is 117 Å². The lowest BCUT2D eigenvalue weighted by molar-refractivity contribution is 0.598. The summed E-state index contributed by atoms with van der Waals surface area (Å²) in [5, 5.41) is 4.49. The number of nitrogen functional groups attached to an aromatic ring is 1. The van der Waals surface area contributed by atoms with Crippen LogP contribution in [0.15, 0.2) is 30.5 Å². The van der Waals surface area contributed by atoms with Gasteiger partial charge in [0.25, 0.3) is 0 Å². The van der Waals surface area contributed by atoms with Crippen molar-refractivity contribution in [3.8, 4) is 11.3 Å². The van der Waals surface area contributed by atoms with E-state index in [0.29, 0.717) is 11.5 Å². The summed E-state index contributed by atoms with van der Waals surface area (Å²) in [5.74, 6) is 0.447. The summed E-state index contributed by atoms with van der Waals surface area (Å²) < 4.78 is 1.93. The number of fused-ring (bicyclic) bond motifs is 1. The third-order valence-electron chi connectivity index (χ3n) is 3.25. The third-order valence-corrected chi connectivity index (χ3v) is 3.25. The lowest BCUT2D eigenvalue weighted by Crippen LogP contribution is -1.98. The number of aromatic nitrogens is 4. The Balaban J connectivity index is 2.16. The van der Waals surface area contributed by atoms with Gasteiger partial charge in [-0.1, -0.05) is 19.1 Å². The third kappa shape index (κ3) is 2.11. The van der Waals surface area contributed by atoms with Gasteiger partial charge < -0.3 is 5.73 Å². The fourth-order valence-electron chi connectivity index (χ4n) is 2.31. The summed E-state index contributed by atoms with van der Waals surface area (Å²) in [5.41, 5.74) is 10.3. The van der Waals surface area contributed by atoms with Gasteiger partial charge in [-0.3, -0.25) is 4.68 Å². The molecule has 0 amide bonds. The number of para-hydroxylation sites is 2. The Morgan fingerprint density at radius 1 is 1.15 bits per heavy atom. The molecule has 0 atom stereocenters. The van der Waals surface area contributed by atoms with Crippen molar-refractivity contribution in [2.45, 2.75) is 26.8 Å². The molecule has 0 fully saturated rings. The number of hydrogen-bond donors (Lipinski definition) is 1. The van der Waals surface area contributed by atoms with Crippen molar-refractivity contribution in [2.75, 3.05) is 5.73 Å². The van der Waals surface area contributed by atoms with E-state index in [9.17, 15) is 0 Å². The number of benzene rings is 1. The highest BCUT2D eigenvalue weighted by Gasteiger charge is 2.13. The molecular weight excluding hydrogens is 250 g/mol. The molecule has 1 aromatic carbocycles. The first kappa shape index (κ1) is 12.6. The van der Waals surface area contributed by atoms with Crippen molar-refractivity contribution in [3.05, 3.63) is 36.2 Å². The quantitative estimate of drug-likeness (QED) is 0.792. The Kier molecular flexibility index (Phi) is 3.10. The van der Waals surface area contributed by atoms with E-state index in [0.717, 1.165) is 35.3 Å². The average Bonchev–Trinajstić information content (AvgIpc) is 2.79. The number of hydrogen-bond acceptors (Lipinski definition) is 4. The molecule has 5 heteroatoms. The number of nitrogens with zero attached hydrogens (tertiary/aromatic N) is 4. The molecule has 2 N–H and O–H groups in total. The number of rotatable bonds is 3. The molecule has 3 rings (SSSR count). The summed E-state index contributed by atoms with van der Waals surface area (Å²) in [6.45, 7) is 4.99. The van der Waals surface area contributed by atoms with Gasteiger partial charge >= 0.3 is 0 Å². The predicted octanol–water partition coefficient (Wildman–Crippen LogP) is 2.79. The molecule has 2 aromatic heterocycles. The fraction of sp³-hybridized carbons (Fsp3) is 0.267. The van der Waals surface area contributed by atoms with E-state index >= 15 is 0 Å². The fourth-order valence-corrected chi connectivity index (χ4v) is 2.31. The first-order chi connectivity index (χ1) is 9.69. The lowest BCUT2D eigenvalue weighted by atomic mass is 10.1. The van der Waals surface area contributed by atoms with Gasteiger partial charge in [0.2, 0.25) is 0 Å². The zero-order chi connectivity index (χ0) is 14.1. The van der Waals surface area contributed by atoms with Crippen molar-refractivity contribution in [3.63, 3.8) is 0 Å². The van der Waals surface area contributed by atoms with Gasteiger partial charge in [0.05, 0.1) is 16.7 Å². The monoisotopic (exact) mass is 267 g/mol. The topological polar surface area (TPSA) is 69.6 Å². The number of aryl methyl sites for hydroxylation is 2. The summed E-state index contributed by atoms with van der Waals surface area (Å²) in [6, 6.07) is 7.73. The molecular formula is C15H17N5. The second kappa shape index (κ2) is 4.92. The van der Waals surface area contributed by atoms with Crippen molar-refractivity contribution >= 4 is 16.9 Å². The first-order valence-corrected chi connectivity index (χ1v) is 6.75. The van der Waals surface area contributed by atoms with E-state index in [4.69, 9.17) is 5.73 Å². The minimum absolute atomic E-state index is 0.447. The SMILES string of the molecule is CCCn1cc(-c2nc3ccccc3nc2N)c(C)n1. The lowest BCUT2D eigenvalue weighted by Gasteiger charge is -2.05. The second-order valence-electron chi connectivity index (χ2n) is 4.84. The van der Waals surface area contributed by atoms with Gasteiger partial charge in [0.1, 0.15) is 5.69 Å². The molecule has 0 radical (unpaired) electrons. The zero-order valence-electron chi connectivity index (χ0n) is 11.7. The normalized spacial score (nSPS) is 11.1. The van der Waals surface area contributed by atoms with E-state index in [1.807, 2.05) is 42.1 Å². The highest BCUT2D eigenvalue weighted by atomic mass is 15.3. The Morgan fingerprint density at radius 3 is 2.55 bits per heavy atom. The van der Waals surface area contributed by atoms with Crippen LogP contribution in [0.3, 0.4) is 0 Å². The van der Waals surface area contributed by atoms with Gasteiger partial charge in [-0.15, -0.1) is 0 Å². The van der Waals surface area contributed by atoms with Gasteiger partial charge in [0.15, 0.2) is 5.82 Å². The molecule has 0 bridgehead atoms. The van der Waals surface area contributed by atoms with Gasteiger partial charge in [0, 0.05) is 18.3 Å². The van der Waals surface area contributed by atoms with Crippen LogP contribution in [0, 0.1) is 6.92 Å². The highest BCUT2D eigenvalue weighted by Crippen LogP contribution is 2.27. The summed E-state index contributed by atoms with van der Waals surface area (Å²) in [6.07, 6.45) is 3.04. The minimum atomic E-state index is 0.447. The van der Waals surface area contributed by atoms with Gasteiger partial charge in [-0.2, -0.15) is 5.10 Å². The molecule has 0 unspecified atom stereocenters. The molecule has 20 heavy (non-hydrogen) atoms. The second-order valence-corrected chi connectivity index (χ2v) is 4.84. The maximum Gasteiger partial charge on any atom is 0.150 e. The van der Waals surface area contributed by atoms with Gasteiger partial charge in [-0.25, -0.2) is 9.97 Å². The molecule has 0 aliphatic carbocycles. The average molecular weight is 267 g/mol. The van der Waals surface area contributed by atoms with E-state index in [-0.39, 0.29) is 0 Å². The van der Waals surface area contributed by atoms with E-state index < -0.39 is 0 Å². The Bertz CT molecular complexity index is 760. The van der Waals surface area contributed by atoms with Gasteiger partial charge in [-0.05, 0) is 25.5 Å². The number of nitrogens with two attached hydrogens (primary N) is 1. The number of anilines is 1. The van der Waals surface area contributed by atoms with Crippen LogP contribution in [0.1, 0.15) is 19.0 Å². The molecule has 0 aliphatic rings.